The van der Waals surface area contributed by atoms with Crippen molar-refractivity contribution in [1.82, 2.24) is 0 Å². The Hall–Kier alpha value is -0.870. The molecule has 1 aliphatic rings. The van der Waals surface area contributed by atoms with Crippen LogP contribution in [0.4, 0.5) is 0 Å². The third-order valence-electron chi connectivity index (χ3n) is 2.63. The lowest BCUT2D eigenvalue weighted by atomic mass is 10.0. The Morgan fingerprint density at radius 3 is 2.81 bits per heavy atom. The predicted octanol–water partition coefficient (Wildman–Crippen LogP) is 2.21. The van der Waals surface area contributed by atoms with E-state index in [-0.39, 0.29) is 6.04 Å². The average molecular weight is 239 g/mol. The van der Waals surface area contributed by atoms with Gasteiger partial charge >= 0.3 is 0 Å². The number of thioether (sulfide) groups is 1. The number of hydrogen-bond donors (Lipinski definition) is 1. The molecule has 2 rings (SSSR count). The smallest absolute Gasteiger partial charge is 0.161 e. The molecule has 0 aliphatic carbocycles. The summed E-state index contributed by atoms with van der Waals surface area (Å²) in [5.41, 5.74) is 7.23. The van der Waals surface area contributed by atoms with Gasteiger partial charge in [-0.05, 0) is 36.1 Å². The summed E-state index contributed by atoms with van der Waals surface area (Å²) in [5.74, 6) is 2.73. The Kier molecular flexibility index (Phi) is 3.96. The van der Waals surface area contributed by atoms with Crippen LogP contribution in [-0.2, 0) is 0 Å². The van der Waals surface area contributed by atoms with Crippen LogP contribution >= 0.6 is 11.8 Å². The number of fused-ring (bicyclic) bond motifs is 1. The van der Waals surface area contributed by atoms with E-state index in [9.17, 15) is 0 Å². The van der Waals surface area contributed by atoms with Gasteiger partial charge in [0.05, 0.1) is 0 Å². The van der Waals surface area contributed by atoms with Crippen molar-refractivity contribution in [3.05, 3.63) is 23.8 Å². The predicted molar refractivity (Wildman–Crippen MR) is 67.4 cm³/mol. The van der Waals surface area contributed by atoms with Gasteiger partial charge in [0.25, 0.3) is 0 Å². The van der Waals surface area contributed by atoms with Crippen LogP contribution in [-0.4, -0.2) is 25.2 Å². The molecule has 0 saturated carbocycles. The summed E-state index contributed by atoms with van der Waals surface area (Å²) in [5, 5.41) is 0. The van der Waals surface area contributed by atoms with Crippen LogP contribution in [0, 0.1) is 0 Å². The van der Waals surface area contributed by atoms with Crippen molar-refractivity contribution in [3.63, 3.8) is 0 Å². The standard InChI is InChI=1S/C12H17NO2S/c1-16-7-4-10(13)9-2-3-11-12(8-9)15-6-5-14-11/h2-3,8,10H,4-7,13H2,1H3. The molecule has 0 radical (unpaired) electrons. The summed E-state index contributed by atoms with van der Waals surface area (Å²) in [7, 11) is 0. The zero-order chi connectivity index (χ0) is 11.4. The Bertz CT molecular complexity index is 357. The Morgan fingerprint density at radius 2 is 2.06 bits per heavy atom. The Labute approximate surface area is 100 Å². The van der Waals surface area contributed by atoms with Gasteiger partial charge < -0.3 is 15.2 Å². The summed E-state index contributed by atoms with van der Waals surface area (Å²) in [4.78, 5) is 0. The third-order valence-corrected chi connectivity index (χ3v) is 3.27. The van der Waals surface area contributed by atoms with Gasteiger partial charge in [-0.2, -0.15) is 11.8 Å². The molecular weight excluding hydrogens is 222 g/mol. The highest BCUT2D eigenvalue weighted by Crippen LogP contribution is 2.32. The maximum absolute atomic E-state index is 6.10. The van der Waals surface area contributed by atoms with E-state index in [1.807, 2.05) is 30.0 Å². The first-order valence-corrected chi connectivity index (χ1v) is 6.84. The Morgan fingerprint density at radius 1 is 1.31 bits per heavy atom. The Balaban J connectivity index is 2.10. The average Bonchev–Trinajstić information content (AvgIpc) is 2.35. The second kappa shape index (κ2) is 5.46. The van der Waals surface area contributed by atoms with Gasteiger partial charge in [0.15, 0.2) is 11.5 Å². The van der Waals surface area contributed by atoms with Crippen molar-refractivity contribution in [2.75, 3.05) is 25.2 Å². The SMILES string of the molecule is CSCCC(N)c1ccc2c(c1)OCCO2. The fraction of sp³-hybridized carbons (Fsp3) is 0.500. The van der Waals surface area contributed by atoms with E-state index < -0.39 is 0 Å². The molecule has 4 heteroatoms. The van der Waals surface area contributed by atoms with Gasteiger partial charge in [-0.3, -0.25) is 0 Å². The molecule has 16 heavy (non-hydrogen) atoms. The van der Waals surface area contributed by atoms with E-state index >= 15 is 0 Å². The summed E-state index contributed by atoms with van der Waals surface area (Å²) >= 11 is 1.82. The minimum absolute atomic E-state index is 0.0864. The van der Waals surface area contributed by atoms with Crippen LogP contribution in [0.15, 0.2) is 18.2 Å². The fourth-order valence-corrected chi connectivity index (χ4v) is 2.19. The van der Waals surface area contributed by atoms with Crippen molar-refractivity contribution in [1.29, 1.82) is 0 Å². The van der Waals surface area contributed by atoms with E-state index in [4.69, 9.17) is 15.2 Å². The fourth-order valence-electron chi connectivity index (χ4n) is 1.70. The van der Waals surface area contributed by atoms with Gasteiger partial charge in [0.1, 0.15) is 13.2 Å². The van der Waals surface area contributed by atoms with Crippen LogP contribution in [0.25, 0.3) is 0 Å². The topological polar surface area (TPSA) is 44.5 Å². The van der Waals surface area contributed by atoms with Crippen molar-refractivity contribution in [3.8, 4) is 11.5 Å². The van der Waals surface area contributed by atoms with E-state index in [0.717, 1.165) is 29.2 Å². The molecule has 1 unspecified atom stereocenters. The second-order valence-corrected chi connectivity index (χ2v) is 4.78. The molecule has 0 bridgehead atoms. The molecule has 0 amide bonds. The lowest BCUT2D eigenvalue weighted by molar-refractivity contribution is 0.171. The second-order valence-electron chi connectivity index (χ2n) is 3.79. The molecule has 1 aromatic rings. The summed E-state index contributed by atoms with van der Waals surface area (Å²) in [6.07, 6.45) is 3.08. The quantitative estimate of drug-likeness (QED) is 0.875. The number of benzene rings is 1. The minimum Gasteiger partial charge on any atom is -0.486 e. The zero-order valence-corrected chi connectivity index (χ0v) is 10.3. The molecule has 0 spiro atoms. The van der Waals surface area contributed by atoms with Crippen molar-refractivity contribution in [2.24, 2.45) is 5.73 Å². The highest BCUT2D eigenvalue weighted by atomic mass is 32.2. The first-order chi connectivity index (χ1) is 7.81. The van der Waals surface area contributed by atoms with Crippen molar-refractivity contribution in [2.45, 2.75) is 12.5 Å². The molecule has 0 aromatic heterocycles. The lowest BCUT2D eigenvalue weighted by Gasteiger charge is -2.20. The normalized spacial score (nSPS) is 15.9. The third kappa shape index (κ3) is 2.62. The van der Waals surface area contributed by atoms with E-state index in [0.29, 0.717) is 13.2 Å². The molecule has 1 heterocycles. The lowest BCUT2D eigenvalue weighted by Crippen LogP contribution is -2.17. The van der Waals surface area contributed by atoms with E-state index in [1.165, 1.54) is 0 Å². The number of rotatable bonds is 4. The monoisotopic (exact) mass is 239 g/mol. The highest BCUT2D eigenvalue weighted by molar-refractivity contribution is 7.98. The highest BCUT2D eigenvalue weighted by Gasteiger charge is 2.14. The van der Waals surface area contributed by atoms with Gasteiger partial charge in [-0.25, -0.2) is 0 Å². The number of ether oxygens (including phenoxy) is 2. The molecule has 2 N–H and O–H groups in total. The summed E-state index contributed by atoms with van der Waals surface area (Å²) < 4.78 is 11.0. The summed E-state index contributed by atoms with van der Waals surface area (Å²) in [6, 6.07) is 6.06. The first-order valence-electron chi connectivity index (χ1n) is 5.45. The molecule has 88 valence electrons. The van der Waals surface area contributed by atoms with Crippen LogP contribution in [0.5, 0.6) is 11.5 Å². The molecule has 3 nitrogen and oxygen atoms in total. The van der Waals surface area contributed by atoms with Gasteiger partial charge in [-0.1, -0.05) is 6.07 Å². The number of nitrogens with two attached hydrogens (primary N) is 1. The molecular formula is C12H17NO2S. The van der Waals surface area contributed by atoms with Crippen LogP contribution in [0.1, 0.15) is 18.0 Å². The number of hydrogen-bond acceptors (Lipinski definition) is 4. The summed E-state index contributed by atoms with van der Waals surface area (Å²) in [6.45, 7) is 1.25. The molecule has 0 saturated heterocycles. The zero-order valence-electron chi connectivity index (χ0n) is 9.44. The van der Waals surface area contributed by atoms with Gasteiger partial charge in [0.2, 0.25) is 0 Å². The maximum Gasteiger partial charge on any atom is 0.161 e. The van der Waals surface area contributed by atoms with Gasteiger partial charge in [-0.15, -0.1) is 0 Å². The van der Waals surface area contributed by atoms with E-state index in [2.05, 4.69) is 6.26 Å². The van der Waals surface area contributed by atoms with Crippen molar-refractivity contribution < 1.29 is 9.47 Å². The molecule has 1 aliphatic heterocycles. The molecule has 1 aromatic carbocycles. The van der Waals surface area contributed by atoms with E-state index in [1.54, 1.807) is 0 Å². The molecule has 1 atom stereocenters. The van der Waals surface area contributed by atoms with Crippen LogP contribution in [0.3, 0.4) is 0 Å². The first kappa shape index (κ1) is 11.6. The minimum atomic E-state index is 0.0864. The maximum atomic E-state index is 6.10. The largest absolute Gasteiger partial charge is 0.486 e. The van der Waals surface area contributed by atoms with Crippen LogP contribution < -0.4 is 15.2 Å². The van der Waals surface area contributed by atoms with Gasteiger partial charge in [0, 0.05) is 6.04 Å². The van der Waals surface area contributed by atoms with Crippen LogP contribution in [0.2, 0.25) is 0 Å². The molecule has 0 fully saturated rings. The van der Waals surface area contributed by atoms with Crippen molar-refractivity contribution >= 4 is 11.8 Å².